The molecule has 0 saturated carbocycles. The van der Waals surface area contributed by atoms with Gasteiger partial charge in [0.1, 0.15) is 0 Å². The number of fused-ring (bicyclic) bond motifs is 4. The molecule has 0 atom stereocenters. The summed E-state index contributed by atoms with van der Waals surface area (Å²) >= 11 is 1.69. The van der Waals surface area contributed by atoms with Crippen LogP contribution in [0.2, 0.25) is 0 Å². The molecular weight excluding hydrogens is 394 g/mol. The normalized spacial score (nSPS) is 11.9. The molecule has 0 bridgehead atoms. The SMILES string of the molecule is c1cc(-c2ccc3ncsc3c2)cc(-c2ccc3c4c(cccc24)-c2ccccc2-3)c1. The first-order valence-corrected chi connectivity index (χ1v) is 11.3. The predicted octanol–water partition coefficient (Wildman–Crippen LogP) is 8.43. The van der Waals surface area contributed by atoms with E-state index < -0.39 is 0 Å². The van der Waals surface area contributed by atoms with Gasteiger partial charge in [0.15, 0.2) is 0 Å². The quantitative estimate of drug-likeness (QED) is 0.278. The van der Waals surface area contributed by atoms with Crippen LogP contribution in [0.25, 0.3) is 65.5 Å². The molecule has 0 unspecified atom stereocenters. The molecule has 0 amide bonds. The fourth-order valence-corrected chi connectivity index (χ4v) is 5.68. The highest BCUT2D eigenvalue weighted by Crippen LogP contribution is 2.49. The van der Waals surface area contributed by atoms with E-state index in [0.29, 0.717) is 0 Å². The van der Waals surface area contributed by atoms with Crippen molar-refractivity contribution in [2.24, 2.45) is 0 Å². The van der Waals surface area contributed by atoms with Crippen molar-refractivity contribution < 1.29 is 0 Å². The Balaban J connectivity index is 1.43. The van der Waals surface area contributed by atoms with Crippen LogP contribution in [0.4, 0.5) is 0 Å². The van der Waals surface area contributed by atoms with Crippen LogP contribution in [-0.2, 0) is 0 Å². The largest absolute Gasteiger partial charge is 0.245 e. The zero-order valence-corrected chi connectivity index (χ0v) is 17.5. The molecule has 0 radical (unpaired) electrons. The van der Waals surface area contributed by atoms with E-state index in [1.807, 2.05) is 5.51 Å². The summed E-state index contributed by atoms with van der Waals surface area (Å²) < 4.78 is 1.23. The third-order valence-corrected chi connectivity index (χ3v) is 7.18. The Morgan fingerprint density at radius 2 is 1.23 bits per heavy atom. The number of nitrogens with zero attached hydrogens (tertiary/aromatic N) is 1. The Bertz CT molecular complexity index is 1610. The van der Waals surface area contributed by atoms with E-state index in [1.165, 1.54) is 60.0 Å². The molecule has 6 aromatic rings. The lowest BCUT2D eigenvalue weighted by atomic mass is 9.92. The lowest BCUT2D eigenvalue weighted by Crippen LogP contribution is -1.85. The zero-order valence-electron chi connectivity index (χ0n) is 16.7. The highest BCUT2D eigenvalue weighted by atomic mass is 32.1. The van der Waals surface area contributed by atoms with Gasteiger partial charge in [0, 0.05) is 0 Å². The van der Waals surface area contributed by atoms with E-state index >= 15 is 0 Å². The first kappa shape index (κ1) is 17.0. The molecule has 1 aromatic heterocycles. The lowest BCUT2D eigenvalue weighted by molar-refractivity contribution is 1.50. The van der Waals surface area contributed by atoms with Crippen LogP contribution < -0.4 is 0 Å². The zero-order chi connectivity index (χ0) is 20.4. The lowest BCUT2D eigenvalue weighted by Gasteiger charge is -2.11. The number of aromatic nitrogens is 1. The van der Waals surface area contributed by atoms with Gasteiger partial charge in [-0.25, -0.2) is 4.98 Å². The first-order chi connectivity index (χ1) is 15.4. The van der Waals surface area contributed by atoms with Crippen molar-refractivity contribution in [2.75, 3.05) is 0 Å². The fraction of sp³-hybridized carbons (Fsp3) is 0. The van der Waals surface area contributed by atoms with Crippen molar-refractivity contribution in [1.82, 2.24) is 4.98 Å². The van der Waals surface area contributed by atoms with E-state index in [2.05, 4.69) is 102 Å². The molecule has 1 heterocycles. The Labute approximate surface area is 184 Å². The average molecular weight is 412 g/mol. The standard InChI is InChI=1S/C29H17NS/c1-2-8-23-22(7-1)25-10-4-9-24-21(12-13-26(23)29(24)25)20-6-3-5-18(15-20)19-11-14-27-28(16-19)31-17-30-27/h1-17H. The molecule has 0 fully saturated rings. The van der Waals surface area contributed by atoms with Crippen molar-refractivity contribution in [3.63, 3.8) is 0 Å². The highest BCUT2D eigenvalue weighted by molar-refractivity contribution is 7.16. The van der Waals surface area contributed by atoms with E-state index in [9.17, 15) is 0 Å². The summed E-state index contributed by atoms with van der Waals surface area (Å²) in [5.41, 5.74) is 13.4. The smallest absolute Gasteiger partial charge is 0.0812 e. The number of rotatable bonds is 2. The van der Waals surface area contributed by atoms with Crippen molar-refractivity contribution in [2.45, 2.75) is 0 Å². The average Bonchev–Trinajstić information content (AvgIpc) is 3.43. The minimum Gasteiger partial charge on any atom is -0.245 e. The van der Waals surface area contributed by atoms with Gasteiger partial charge in [-0.3, -0.25) is 0 Å². The van der Waals surface area contributed by atoms with Gasteiger partial charge in [-0.05, 0) is 73.5 Å². The Hall–Kier alpha value is -3.75. The van der Waals surface area contributed by atoms with Gasteiger partial charge in [0.25, 0.3) is 0 Å². The van der Waals surface area contributed by atoms with E-state index in [0.717, 1.165) is 5.52 Å². The summed E-state index contributed by atoms with van der Waals surface area (Å²) in [5.74, 6) is 0. The summed E-state index contributed by atoms with van der Waals surface area (Å²) in [7, 11) is 0. The second-order valence-electron chi connectivity index (χ2n) is 8.05. The van der Waals surface area contributed by atoms with Gasteiger partial charge >= 0.3 is 0 Å². The molecule has 1 aliphatic rings. The molecule has 7 rings (SSSR count). The van der Waals surface area contributed by atoms with Crippen LogP contribution in [0.15, 0.2) is 103 Å². The maximum atomic E-state index is 4.41. The van der Waals surface area contributed by atoms with Gasteiger partial charge in [-0.15, -0.1) is 11.3 Å². The predicted molar refractivity (Wildman–Crippen MR) is 132 cm³/mol. The summed E-state index contributed by atoms with van der Waals surface area (Å²) in [6.07, 6.45) is 0. The Morgan fingerprint density at radius 1 is 0.516 bits per heavy atom. The van der Waals surface area contributed by atoms with E-state index in [1.54, 1.807) is 11.3 Å². The number of thiazole rings is 1. The monoisotopic (exact) mass is 411 g/mol. The molecule has 1 nitrogen and oxygen atoms in total. The topological polar surface area (TPSA) is 12.9 Å². The second kappa shape index (κ2) is 6.37. The highest BCUT2D eigenvalue weighted by Gasteiger charge is 2.22. The molecule has 5 aromatic carbocycles. The minimum atomic E-state index is 1.07. The van der Waals surface area contributed by atoms with Crippen LogP contribution in [0, 0.1) is 0 Å². The second-order valence-corrected chi connectivity index (χ2v) is 8.94. The fourth-order valence-electron chi connectivity index (χ4n) is 4.96. The number of hydrogen-bond acceptors (Lipinski definition) is 2. The Kier molecular flexibility index (Phi) is 3.49. The summed E-state index contributed by atoms with van der Waals surface area (Å²) in [6.45, 7) is 0. The minimum absolute atomic E-state index is 1.07. The molecule has 1 aliphatic carbocycles. The van der Waals surface area contributed by atoms with Crippen LogP contribution in [0.1, 0.15) is 0 Å². The third kappa shape index (κ3) is 2.46. The van der Waals surface area contributed by atoms with Crippen LogP contribution in [0.3, 0.4) is 0 Å². The maximum absolute atomic E-state index is 4.41. The molecule has 0 saturated heterocycles. The third-order valence-electron chi connectivity index (χ3n) is 6.39. The molecule has 31 heavy (non-hydrogen) atoms. The van der Waals surface area contributed by atoms with Crippen molar-refractivity contribution in [3.05, 3.63) is 103 Å². The van der Waals surface area contributed by atoms with Crippen molar-refractivity contribution >= 4 is 32.3 Å². The molecule has 144 valence electrons. The van der Waals surface area contributed by atoms with E-state index in [4.69, 9.17) is 0 Å². The molecule has 0 spiro atoms. The summed E-state index contributed by atoms with van der Waals surface area (Å²) in [5, 5.41) is 2.69. The van der Waals surface area contributed by atoms with Gasteiger partial charge < -0.3 is 0 Å². The van der Waals surface area contributed by atoms with Gasteiger partial charge in [0.2, 0.25) is 0 Å². The Morgan fingerprint density at radius 3 is 2.13 bits per heavy atom. The summed E-state index contributed by atoms with van der Waals surface area (Å²) in [6, 6.07) is 35.5. The van der Waals surface area contributed by atoms with E-state index in [-0.39, 0.29) is 0 Å². The maximum Gasteiger partial charge on any atom is 0.0812 e. The molecule has 0 aliphatic heterocycles. The number of hydrogen-bond donors (Lipinski definition) is 0. The van der Waals surface area contributed by atoms with Gasteiger partial charge in [-0.1, -0.05) is 78.9 Å². The molecular formula is C29H17NS. The number of benzene rings is 5. The van der Waals surface area contributed by atoms with Crippen LogP contribution in [0.5, 0.6) is 0 Å². The first-order valence-electron chi connectivity index (χ1n) is 10.5. The van der Waals surface area contributed by atoms with Crippen LogP contribution in [-0.4, -0.2) is 4.98 Å². The summed E-state index contributed by atoms with van der Waals surface area (Å²) in [4.78, 5) is 4.41. The van der Waals surface area contributed by atoms with Crippen LogP contribution >= 0.6 is 11.3 Å². The molecule has 2 heteroatoms. The van der Waals surface area contributed by atoms with Crippen molar-refractivity contribution in [1.29, 1.82) is 0 Å². The van der Waals surface area contributed by atoms with Gasteiger partial charge in [-0.2, -0.15) is 0 Å². The van der Waals surface area contributed by atoms with Crippen molar-refractivity contribution in [3.8, 4) is 44.5 Å². The molecule has 0 N–H and O–H groups in total. The van der Waals surface area contributed by atoms with Gasteiger partial charge in [0.05, 0.1) is 15.7 Å².